The van der Waals surface area contributed by atoms with Crippen molar-refractivity contribution in [1.29, 1.82) is 0 Å². The predicted octanol–water partition coefficient (Wildman–Crippen LogP) is 4.60. The van der Waals surface area contributed by atoms with E-state index in [9.17, 15) is 8.78 Å². The second-order valence-corrected chi connectivity index (χ2v) is 5.33. The van der Waals surface area contributed by atoms with E-state index in [1.165, 1.54) is 12.1 Å². The highest BCUT2D eigenvalue weighted by atomic mass is 19.2. The van der Waals surface area contributed by atoms with Crippen molar-refractivity contribution < 1.29 is 8.78 Å². The maximum absolute atomic E-state index is 13.5. The van der Waals surface area contributed by atoms with E-state index in [2.05, 4.69) is 9.97 Å². The van der Waals surface area contributed by atoms with Gasteiger partial charge in [0.1, 0.15) is 5.82 Å². The van der Waals surface area contributed by atoms with E-state index in [0.717, 1.165) is 11.4 Å². The molecule has 0 unspecified atom stereocenters. The largest absolute Gasteiger partial charge is 0.348 e. The van der Waals surface area contributed by atoms with Crippen LogP contribution in [0.3, 0.4) is 0 Å². The molecular weight excluding hydrogens is 246 g/mol. The number of hydrogen-bond donors (Lipinski definition) is 1. The van der Waals surface area contributed by atoms with E-state index in [4.69, 9.17) is 0 Å². The SMILES string of the molecule is CC(C)c1nc(-c2cc(F)c(F)cc2C(C)C)c[nH]1. The number of imidazole rings is 1. The Balaban J connectivity index is 2.56. The monoisotopic (exact) mass is 264 g/mol. The molecule has 2 rings (SSSR count). The van der Waals surface area contributed by atoms with Crippen molar-refractivity contribution in [1.82, 2.24) is 9.97 Å². The molecule has 1 N–H and O–H groups in total. The van der Waals surface area contributed by atoms with E-state index in [1.807, 2.05) is 27.7 Å². The molecule has 19 heavy (non-hydrogen) atoms. The fourth-order valence-corrected chi connectivity index (χ4v) is 2.03. The summed E-state index contributed by atoms with van der Waals surface area (Å²) >= 11 is 0. The molecule has 1 aromatic carbocycles. The van der Waals surface area contributed by atoms with Crippen LogP contribution in [-0.2, 0) is 0 Å². The van der Waals surface area contributed by atoms with Gasteiger partial charge in [-0.05, 0) is 23.6 Å². The molecule has 2 aromatic rings. The van der Waals surface area contributed by atoms with Gasteiger partial charge in [0, 0.05) is 17.7 Å². The average molecular weight is 264 g/mol. The first-order valence-electron chi connectivity index (χ1n) is 6.44. The van der Waals surface area contributed by atoms with Crippen molar-refractivity contribution in [3.8, 4) is 11.3 Å². The van der Waals surface area contributed by atoms with Crippen LogP contribution in [0.4, 0.5) is 8.78 Å². The van der Waals surface area contributed by atoms with E-state index < -0.39 is 11.6 Å². The van der Waals surface area contributed by atoms with Gasteiger partial charge in [-0.3, -0.25) is 0 Å². The number of rotatable bonds is 3. The van der Waals surface area contributed by atoms with Crippen LogP contribution in [-0.4, -0.2) is 9.97 Å². The zero-order valence-corrected chi connectivity index (χ0v) is 11.6. The summed E-state index contributed by atoms with van der Waals surface area (Å²) in [6.07, 6.45) is 1.74. The summed E-state index contributed by atoms with van der Waals surface area (Å²) in [5, 5.41) is 0. The molecule has 0 aliphatic heterocycles. The third-order valence-electron chi connectivity index (χ3n) is 3.13. The van der Waals surface area contributed by atoms with Gasteiger partial charge in [0.15, 0.2) is 11.6 Å². The van der Waals surface area contributed by atoms with Crippen molar-refractivity contribution in [3.63, 3.8) is 0 Å². The summed E-state index contributed by atoms with van der Waals surface area (Å²) in [5.74, 6) is -0.444. The van der Waals surface area contributed by atoms with Crippen LogP contribution in [0.25, 0.3) is 11.3 Å². The number of benzene rings is 1. The summed E-state index contributed by atoms with van der Waals surface area (Å²) in [6.45, 7) is 7.95. The van der Waals surface area contributed by atoms with Crippen LogP contribution in [0.15, 0.2) is 18.3 Å². The molecule has 2 nitrogen and oxygen atoms in total. The van der Waals surface area contributed by atoms with Gasteiger partial charge in [0.2, 0.25) is 0 Å². The lowest BCUT2D eigenvalue weighted by molar-refractivity contribution is 0.506. The van der Waals surface area contributed by atoms with E-state index in [0.29, 0.717) is 11.3 Å². The van der Waals surface area contributed by atoms with Crippen LogP contribution in [0.5, 0.6) is 0 Å². The molecule has 0 fully saturated rings. The minimum Gasteiger partial charge on any atom is -0.348 e. The van der Waals surface area contributed by atoms with E-state index >= 15 is 0 Å². The number of halogens is 2. The average Bonchev–Trinajstić information content (AvgIpc) is 2.81. The van der Waals surface area contributed by atoms with Crippen LogP contribution in [0, 0.1) is 11.6 Å². The number of nitrogens with one attached hydrogen (secondary N) is 1. The molecule has 1 heterocycles. The second-order valence-electron chi connectivity index (χ2n) is 5.33. The summed E-state index contributed by atoms with van der Waals surface area (Å²) < 4.78 is 26.8. The van der Waals surface area contributed by atoms with Crippen molar-refractivity contribution in [2.24, 2.45) is 0 Å². The lowest BCUT2D eigenvalue weighted by Gasteiger charge is -2.11. The zero-order chi connectivity index (χ0) is 14.2. The van der Waals surface area contributed by atoms with Crippen molar-refractivity contribution >= 4 is 0 Å². The molecule has 0 amide bonds. The number of nitrogens with zero attached hydrogens (tertiary/aromatic N) is 1. The quantitative estimate of drug-likeness (QED) is 0.862. The van der Waals surface area contributed by atoms with Crippen molar-refractivity contribution in [2.45, 2.75) is 39.5 Å². The topological polar surface area (TPSA) is 28.7 Å². The van der Waals surface area contributed by atoms with E-state index in [1.54, 1.807) is 6.20 Å². The minimum absolute atomic E-state index is 0.101. The normalized spacial score (nSPS) is 11.6. The first kappa shape index (κ1) is 13.7. The summed E-state index contributed by atoms with van der Waals surface area (Å²) in [7, 11) is 0. The first-order chi connectivity index (χ1) is 8.90. The lowest BCUT2D eigenvalue weighted by Crippen LogP contribution is -1.97. The third-order valence-corrected chi connectivity index (χ3v) is 3.13. The van der Waals surface area contributed by atoms with Gasteiger partial charge >= 0.3 is 0 Å². The third kappa shape index (κ3) is 2.67. The number of H-pyrrole nitrogens is 1. The molecule has 0 bridgehead atoms. The van der Waals surface area contributed by atoms with Crippen LogP contribution >= 0.6 is 0 Å². The Morgan fingerprint density at radius 2 is 1.63 bits per heavy atom. The molecule has 0 saturated heterocycles. The minimum atomic E-state index is -0.839. The zero-order valence-electron chi connectivity index (χ0n) is 11.6. The van der Waals surface area contributed by atoms with Gasteiger partial charge in [-0.15, -0.1) is 0 Å². The molecule has 4 heteroatoms. The predicted molar refractivity (Wildman–Crippen MR) is 72.1 cm³/mol. The maximum Gasteiger partial charge on any atom is 0.159 e. The molecule has 102 valence electrons. The fourth-order valence-electron chi connectivity index (χ4n) is 2.03. The highest BCUT2D eigenvalue weighted by molar-refractivity contribution is 5.64. The standard InChI is InChI=1S/C15H18F2N2/c1-8(2)10-5-12(16)13(17)6-11(10)14-7-18-15(19-14)9(3)4/h5-9H,1-4H3,(H,18,19). The smallest absolute Gasteiger partial charge is 0.159 e. The van der Waals surface area contributed by atoms with Gasteiger partial charge in [0.25, 0.3) is 0 Å². The first-order valence-corrected chi connectivity index (χ1v) is 6.44. The second kappa shape index (κ2) is 5.11. The van der Waals surface area contributed by atoms with E-state index in [-0.39, 0.29) is 11.8 Å². The molecule has 0 saturated carbocycles. The lowest BCUT2D eigenvalue weighted by atomic mass is 9.95. The molecular formula is C15H18F2N2. The van der Waals surface area contributed by atoms with Crippen LogP contribution in [0.2, 0.25) is 0 Å². The fraction of sp³-hybridized carbons (Fsp3) is 0.400. The molecule has 1 aromatic heterocycles. The summed E-state index contributed by atoms with van der Waals surface area (Å²) in [6, 6.07) is 2.49. The van der Waals surface area contributed by atoms with Crippen molar-refractivity contribution in [2.75, 3.05) is 0 Å². The summed E-state index contributed by atoms with van der Waals surface area (Å²) in [5.41, 5.74) is 2.07. The van der Waals surface area contributed by atoms with Gasteiger partial charge in [0.05, 0.1) is 5.69 Å². The molecule has 0 atom stereocenters. The highest BCUT2D eigenvalue weighted by Gasteiger charge is 2.16. The number of aromatic amines is 1. The Hall–Kier alpha value is -1.71. The molecule has 0 aliphatic carbocycles. The molecule has 0 aliphatic rings. The van der Waals surface area contributed by atoms with Crippen LogP contribution < -0.4 is 0 Å². The Bertz CT molecular complexity index is 586. The van der Waals surface area contributed by atoms with Gasteiger partial charge in [-0.1, -0.05) is 27.7 Å². The van der Waals surface area contributed by atoms with Gasteiger partial charge in [-0.25, -0.2) is 13.8 Å². The Labute approximate surface area is 111 Å². The Morgan fingerprint density at radius 3 is 2.16 bits per heavy atom. The Kier molecular flexibility index (Phi) is 3.69. The maximum atomic E-state index is 13.5. The number of aromatic nitrogens is 2. The van der Waals surface area contributed by atoms with Crippen molar-refractivity contribution in [3.05, 3.63) is 41.4 Å². The summed E-state index contributed by atoms with van der Waals surface area (Å²) in [4.78, 5) is 7.53. The van der Waals surface area contributed by atoms with Gasteiger partial charge < -0.3 is 4.98 Å². The number of hydrogen-bond acceptors (Lipinski definition) is 1. The molecule has 0 spiro atoms. The van der Waals surface area contributed by atoms with Crippen LogP contribution in [0.1, 0.15) is 50.9 Å². The Morgan fingerprint density at radius 1 is 1.00 bits per heavy atom. The highest BCUT2D eigenvalue weighted by Crippen LogP contribution is 2.30. The molecule has 0 radical (unpaired) electrons. The van der Waals surface area contributed by atoms with Gasteiger partial charge in [-0.2, -0.15) is 0 Å².